The van der Waals surface area contributed by atoms with Crippen LogP contribution in [0.3, 0.4) is 0 Å². The van der Waals surface area contributed by atoms with Crippen molar-refractivity contribution in [1.29, 1.82) is 0 Å². The molecule has 0 amide bonds. The van der Waals surface area contributed by atoms with Gasteiger partial charge in [-0.05, 0) is 68.4 Å². The van der Waals surface area contributed by atoms with Crippen LogP contribution in [0.2, 0.25) is 18.1 Å². The first-order valence-corrected chi connectivity index (χ1v) is 14.6. The number of carbonyl (C=O) groups is 1. The maximum atomic E-state index is 12.6. The van der Waals surface area contributed by atoms with Gasteiger partial charge in [0.1, 0.15) is 5.60 Å². The standard InChI is InChI=1S/C28H42O3Si/c1-21(26(29)30-27(2,3)4)19-25(31-32(8,9)28(5,6)7)20-22-15-17-24(18-16-22)23-13-11-10-12-14-23/h10-18,21,25H,19-20H2,1-9H3/t21-,25-/m1/s1. The highest BCUT2D eigenvalue weighted by Gasteiger charge is 2.40. The van der Waals surface area contributed by atoms with E-state index in [0.717, 1.165) is 6.42 Å². The highest BCUT2D eigenvalue weighted by atomic mass is 28.4. The second-order valence-corrected chi connectivity index (χ2v) is 16.2. The maximum Gasteiger partial charge on any atom is 0.309 e. The van der Waals surface area contributed by atoms with Gasteiger partial charge in [0.25, 0.3) is 0 Å². The van der Waals surface area contributed by atoms with Gasteiger partial charge in [0.05, 0.1) is 5.92 Å². The molecule has 0 spiro atoms. The zero-order valence-corrected chi connectivity index (χ0v) is 22.5. The summed E-state index contributed by atoms with van der Waals surface area (Å²) in [5.41, 5.74) is 3.17. The van der Waals surface area contributed by atoms with Crippen LogP contribution in [0.25, 0.3) is 11.1 Å². The Morgan fingerprint density at radius 1 is 0.875 bits per heavy atom. The molecule has 2 aromatic carbocycles. The second-order valence-electron chi connectivity index (χ2n) is 11.4. The molecule has 2 atom stereocenters. The molecule has 32 heavy (non-hydrogen) atoms. The molecule has 0 aliphatic carbocycles. The summed E-state index contributed by atoms with van der Waals surface area (Å²) in [6.07, 6.45) is 1.41. The fraction of sp³-hybridized carbons (Fsp3) is 0.536. The van der Waals surface area contributed by atoms with Gasteiger partial charge in [0.15, 0.2) is 8.32 Å². The molecule has 176 valence electrons. The lowest BCUT2D eigenvalue weighted by Gasteiger charge is -2.40. The molecule has 0 N–H and O–H groups in total. The third-order valence-electron chi connectivity index (χ3n) is 6.22. The van der Waals surface area contributed by atoms with Crippen molar-refractivity contribution in [3.8, 4) is 11.1 Å². The Labute approximate surface area is 196 Å². The number of hydrogen-bond donors (Lipinski definition) is 0. The number of ether oxygens (including phenoxy) is 1. The van der Waals surface area contributed by atoms with Crippen LogP contribution in [-0.2, 0) is 20.4 Å². The first-order chi connectivity index (χ1) is 14.7. The highest BCUT2D eigenvalue weighted by Crippen LogP contribution is 2.38. The summed E-state index contributed by atoms with van der Waals surface area (Å²) in [7, 11) is -1.99. The molecule has 3 nitrogen and oxygen atoms in total. The molecule has 0 saturated heterocycles. The molecule has 0 aliphatic rings. The normalized spacial score (nSPS) is 14.7. The number of carbonyl (C=O) groups excluding carboxylic acids is 1. The average Bonchev–Trinajstić information content (AvgIpc) is 2.66. The van der Waals surface area contributed by atoms with Crippen molar-refractivity contribution < 1.29 is 14.0 Å². The van der Waals surface area contributed by atoms with E-state index in [4.69, 9.17) is 9.16 Å². The van der Waals surface area contributed by atoms with Gasteiger partial charge in [-0.2, -0.15) is 0 Å². The molecular weight excluding hydrogens is 412 g/mol. The minimum atomic E-state index is -1.99. The van der Waals surface area contributed by atoms with E-state index < -0.39 is 13.9 Å². The van der Waals surface area contributed by atoms with Gasteiger partial charge < -0.3 is 9.16 Å². The molecule has 0 fully saturated rings. The largest absolute Gasteiger partial charge is 0.460 e. The van der Waals surface area contributed by atoms with Crippen LogP contribution in [0, 0.1) is 5.92 Å². The molecule has 0 aromatic heterocycles. The Morgan fingerprint density at radius 2 is 1.41 bits per heavy atom. The van der Waals surface area contributed by atoms with Crippen molar-refractivity contribution in [2.75, 3.05) is 0 Å². The predicted octanol–water partition coefficient (Wildman–Crippen LogP) is 7.65. The molecule has 0 radical (unpaired) electrons. The summed E-state index contributed by atoms with van der Waals surface area (Å²) in [5, 5.41) is 0.109. The Hall–Kier alpha value is -1.91. The number of rotatable bonds is 8. The predicted molar refractivity (Wildman–Crippen MR) is 137 cm³/mol. The van der Waals surface area contributed by atoms with Crippen molar-refractivity contribution in [2.24, 2.45) is 5.92 Å². The van der Waals surface area contributed by atoms with Crippen molar-refractivity contribution in [3.63, 3.8) is 0 Å². The van der Waals surface area contributed by atoms with Gasteiger partial charge in [-0.25, -0.2) is 0 Å². The monoisotopic (exact) mass is 454 g/mol. The minimum absolute atomic E-state index is 0.0269. The van der Waals surface area contributed by atoms with Crippen molar-refractivity contribution in [1.82, 2.24) is 0 Å². The van der Waals surface area contributed by atoms with Gasteiger partial charge in [-0.1, -0.05) is 82.3 Å². The van der Waals surface area contributed by atoms with Crippen LogP contribution in [-0.4, -0.2) is 26.0 Å². The number of benzene rings is 2. The third-order valence-corrected chi connectivity index (χ3v) is 10.8. The smallest absolute Gasteiger partial charge is 0.309 e. The zero-order chi connectivity index (χ0) is 24.2. The minimum Gasteiger partial charge on any atom is -0.460 e. The van der Waals surface area contributed by atoms with E-state index in [1.54, 1.807) is 0 Å². The van der Waals surface area contributed by atoms with Crippen molar-refractivity contribution in [2.45, 2.75) is 91.1 Å². The maximum absolute atomic E-state index is 12.6. The van der Waals surface area contributed by atoms with Gasteiger partial charge in [-0.3, -0.25) is 4.79 Å². The van der Waals surface area contributed by atoms with E-state index >= 15 is 0 Å². The quantitative estimate of drug-likeness (QED) is 0.303. The molecule has 4 heteroatoms. The lowest BCUT2D eigenvalue weighted by molar-refractivity contribution is -0.160. The Morgan fingerprint density at radius 3 is 1.91 bits per heavy atom. The van der Waals surface area contributed by atoms with Gasteiger partial charge >= 0.3 is 5.97 Å². The summed E-state index contributed by atoms with van der Waals surface area (Å²) in [5.74, 6) is -0.367. The summed E-state index contributed by atoms with van der Waals surface area (Å²) >= 11 is 0. The Balaban J connectivity index is 2.19. The fourth-order valence-corrected chi connectivity index (χ4v) is 4.75. The molecule has 0 unspecified atom stereocenters. The average molecular weight is 455 g/mol. The lowest BCUT2D eigenvalue weighted by Crippen LogP contribution is -2.45. The summed E-state index contributed by atoms with van der Waals surface area (Å²) < 4.78 is 12.4. The molecule has 0 heterocycles. The van der Waals surface area contributed by atoms with E-state index in [2.05, 4.69) is 82.4 Å². The van der Waals surface area contributed by atoms with Crippen LogP contribution in [0.15, 0.2) is 54.6 Å². The summed E-state index contributed by atoms with van der Waals surface area (Å²) in [4.78, 5) is 12.6. The lowest BCUT2D eigenvalue weighted by atomic mass is 9.96. The van der Waals surface area contributed by atoms with Crippen LogP contribution < -0.4 is 0 Å². The fourth-order valence-electron chi connectivity index (χ4n) is 3.39. The SMILES string of the molecule is C[C@H](C[C@H](Cc1ccc(-c2ccccc2)cc1)O[Si](C)(C)C(C)(C)C)C(=O)OC(C)(C)C. The first kappa shape index (κ1) is 26.3. The van der Waals surface area contributed by atoms with Crippen molar-refractivity contribution in [3.05, 3.63) is 60.2 Å². The van der Waals surface area contributed by atoms with Crippen LogP contribution in [0.1, 0.15) is 60.5 Å². The third kappa shape index (κ3) is 7.90. The van der Waals surface area contributed by atoms with Crippen LogP contribution in [0.4, 0.5) is 0 Å². The van der Waals surface area contributed by atoms with E-state index in [1.165, 1.54) is 16.7 Å². The molecule has 0 saturated carbocycles. The van der Waals surface area contributed by atoms with Gasteiger partial charge in [-0.15, -0.1) is 0 Å². The highest BCUT2D eigenvalue weighted by molar-refractivity contribution is 6.74. The Kier molecular flexibility index (Phi) is 8.52. The molecule has 2 rings (SSSR count). The molecule has 0 aliphatic heterocycles. The molecular formula is C28H42O3Si. The first-order valence-electron chi connectivity index (χ1n) is 11.7. The topological polar surface area (TPSA) is 35.5 Å². The molecule has 0 bridgehead atoms. The van der Waals surface area contributed by atoms with Crippen LogP contribution in [0.5, 0.6) is 0 Å². The van der Waals surface area contributed by atoms with Gasteiger partial charge in [0, 0.05) is 6.10 Å². The molecule has 2 aromatic rings. The van der Waals surface area contributed by atoms with Gasteiger partial charge in [0.2, 0.25) is 0 Å². The van der Waals surface area contributed by atoms with E-state index in [9.17, 15) is 4.79 Å². The zero-order valence-electron chi connectivity index (χ0n) is 21.5. The summed E-state index contributed by atoms with van der Waals surface area (Å²) in [6, 6.07) is 19.1. The van der Waals surface area contributed by atoms with E-state index in [0.29, 0.717) is 6.42 Å². The second kappa shape index (κ2) is 10.3. The van der Waals surface area contributed by atoms with Crippen molar-refractivity contribution >= 4 is 14.3 Å². The summed E-state index contributed by atoms with van der Waals surface area (Å²) in [6.45, 7) is 19.0. The van der Waals surface area contributed by atoms with E-state index in [1.807, 2.05) is 33.8 Å². The van der Waals surface area contributed by atoms with Crippen LogP contribution >= 0.6 is 0 Å². The number of hydrogen-bond acceptors (Lipinski definition) is 3. The number of esters is 1. The van der Waals surface area contributed by atoms with E-state index in [-0.39, 0.29) is 23.0 Å². The Bertz CT molecular complexity index is 858.